The number of carbonyl (C=O) groups is 1. The standard InChI is InChI=1S/C21H25N5O/c1-15-19-17(21(27)26-11-7-10-24(2)12-13-26)14-18(16-8-5-4-6-9-16)22-20(19)25(3)23-15/h4-6,8-9,14H,7,10-13H2,1-3H3. The quantitative estimate of drug-likeness (QED) is 0.702. The van der Waals surface area contributed by atoms with Crippen molar-refractivity contribution in [2.75, 3.05) is 33.2 Å². The van der Waals surface area contributed by atoms with Gasteiger partial charge in [-0.15, -0.1) is 0 Å². The lowest BCUT2D eigenvalue weighted by atomic mass is 10.0. The van der Waals surface area contributed by atoms with Crippen molar-refractivity contribution >= 4 is 16.9 Å². The lowest BCUT2D eigenvalue weighted by Crippen LogP contribution is -2.34. The number of carbonyl (C=O) groups excluding carboxylic acids is 1. The largest absolute Gasteiger partial charge is 0.337 e. The fraction of sp³-hybridized carbons (Fsp3) is 0.381. The Bertz CT molecular complexity index is 979. The molecule has 1 aromatic carbocycles. The number of pyridine rings is 1. The second kappa shape index (κ2) is 7.12. The number of aryl methyl sites for hydroxylation is 2. The summed E-state index contributed by atoms with van der Waals surface area (Å²) in [4.78, 5) is 22.5. The Morgan fingerprint density at radius 1 is 1.04 bits per heavy atom. The summed E-state index contributed by atoms with van der Waals surface area (Å²) in [6.45, 7) is 5.40. The van der Waals surface area contributed by atoms with Crippen LogP contribution >= 0.6 is 0 Å². The number of rotatable bonds is 2. The maximum Gasteiger partial charge on any atom is 0.254 e. The van der Waals surface area contributed by atoms with Crippen molar-refractivity contribution in [2.45, 2.75) is 13.3 Å². The molecule has 2 aromatic heterocycles. The van der Waals surface area contributed by atoms with E-state index in [0.29, 0.717) is 5.56 Å². The fourth-order valence-corrected chi connectivity index (χ4v) is 3.79. The third kappa shape index (κ3) is 3.32. The molecular formula is C21H25N5O. The molecule has 27 heavy (non-hydrogen) atoms. The van der Waals surface area contributed by atoms with Crippen molar-refractivity contribution in [3.05, 3.63) is 47.7 Å². The van der Waals surface area contributed by atoms with Gasteiger partial charge in [0.05, 0.1) is 22.3 Å². The van der Waals surface area contributed by atoms with Crippen LogP contribution in [-0.4, -0.2) is 63.7 Å². The first-order valence-corrected chi connectivity index (χ1v) is 9.42. The van der Waals surface area contributed by atoms with Crippen LogP contribution in [0.2, 0.25) is 0 Å². The molecular weight excluding hydrogens is 338 g/mol. The molecule has 140 valence electrons. The first-order valence-electron chi connectivity index (χ1n) is 9.42. The zero-order valence-corrected chi connectivity index (χ0v) is 16.1. The highest BCUT2D eigenvalue weighted by atomic mass is 16.2. The SMILES string of the molecule is Cc1nn(C)c2nc(-c3ccccc3)cc(C(=O)N3CCCN(C)CC3)c12. The smallest absolute Gasteiger partial charge is 0.254 e. The number of hydrogen-bond donors (Lipinski definition) is 0. The molecule has 3 heterocycles. The topological polar surface area (TPSA) is 54.3 Å². The highest BCUT2D eigenvalue weighted by molar-refractivity contribution is 6.07. The molecule has 0 bridgehead atoms. The normalized spacial score (nSPS) is 15.9. The van der Waals surface area contributed by atoms with Crippen LogP contribution in [0.4, 0.5) is 0 Å². The molecule has 6 heteroatoms. The van der Waals surface area contributed by atoms with Crippen molar-refractivity contribution in [1.29, 1.82) is 0 Å². The van der Waals surface area contributed by atoms with Crippen LogP contribution in [0.25, 0.3) is 22.3 Å². The lowest BCUT2D eigenvalue weighted by molar-refractivity contribution is 0.0764. The molecule has 6 nitrogen and oxygen atoms in total. The molecule has 1 amide bonds. The second-order valence-electron chi connectivity index (χ2n) is 7.28. The fourth-order valence-electron chi connectivity index (χ4n) is 3.79. The zero-order valence-electron chi connectivity index (χ0n) is 16.1. The molecule has 1 fully saturated rings. The minimum atomic E-state index is 0.0750. The van der Waals surface area contributed by atoms with Crippen LogP contribution in [0, 0.1) is 6.92 Å². The van der Waals surface area contributed by atoms with Crippen LogP contribution in [0.3, 0.4) is 0 Å². The summed E-state index contributed by atoms with van der Waals surface area (Å²) in [5.41, 5.74) is 4.11. The van der Waals surface area contributed by atoms with Gasteiger partial charge in [-0.1, -0.05) is 30.3 Å². The maximum absolute atomic E-state index is 13.5. The van der Waals surface area contributed by atoms with E-state index >= 15 is 0 Å². The van der Waals surface area contributed by atoms with Gasteiger partial charge < -0.3 is 9.80 Å². The predicted octanol–water partition coefficient (Wildman–Crippen LogP) is 2.72. The van der Waals surface area contributed by atoms with Crippen molar-refractivity contribution in [3.63, 3.8) is 0 Å². The van der Waals surface area contributed by atoms with Crippen LogP contribution < -0.4 is 0 Å². The summed E-state index contributed by atoms with van der Waals surface area (Å²) in [6.07, 6.45) is 0.994. The lowest BCUT2D eigenvalue weighted by Gasteiger charge is -2.21. The minimum Gasteiger partial charge on any atom is -0.337 e. The van der Waals surface area contributed by atoms with Gasteiger partial charge in [-0.2, -0.15) is 5.10 Å². The maximum atomic E-state index is 13.5. The molecule has 1 aliphatic heterocycles. The summed E-state index contributed by atoms with van der Waals surface area (Å²) < 4.78 is 1.77. The van der Waals surface area contributed by atoms with Crippen LogP contribution in [0.15, 0.2) is 36.4 Å². The first-order chi connectivity index (χ1) is 13.0. The molecule has 4 rings (SSSR count). The molecule has 1 saturated heterocycles. The molecule has 0 saturated carbocycles. The van der Waals surface area contributed by atoms with E-state index in [-0.39, 0.29) is 5.91 Å². The Kier molecular flexibility index (Phi) is 4.66. The Labute approximate surface area is 159 Å². The summed E-state index contributed by atoms with van der Waals surface area (Å²) in [5.74, 6) is 0.0750. The van der Waals surface area contributed by atoms with Crippen LogP contribution in [0.5, 0.6) is 0 Å². The van der Waals surface area contributed by atoms with Gasteiger partial charge in [0.1, 0.15) is 0 Å². The third-order valence-electron chi connectivity index (χ3n) is 5.28. The Morgan fingerprint density at radius 2 is 1.81 bits per heavy atom. The molecule has 0 atom stereocenters. The van der Waals surface area contributed by atoms with Gasteiger partial charge in [-0.3, -0.25) is 9.48 Å². The number of amides is 1. The van der Waals surface area contributed by atoms with E-state index in [4.69, 9.17) is 4.98 Å². The van der Waals surface area contributed by atoms with E-state index < -0.39 is 0 Å². The van der Waals surface area contributed by atoms with Gasteiger partial charge in [-0.25, -0.2) is 4.98 Å². The molecule has 0 N–H and O–H groups in total. The molecule has 0 spiro atoms. The Hall–Kier alpha value is -2.73. The molecule has 0 radical (unpaired) electrons. The molecule has 0 unspecified atom stereocenters. The van der Waals surface area contributed by atoms with Crippen LogP contribution in [-0.2, 0) is 7.05 Å². The highest BCUT2D eigenvalue weighted by Crippen LogP contribution is 2.28. The van der Waals surface area contributed by atoms with E-state index in [0.717, 1.165) is 60.6 Å². The van der Waals surface area contributed by atoms with Gasteiger partial charge in [0.25, 0.3) is 5.91 Å². The van der Waals surface area contributed by atoms with Gasteiger partial charge >= 0.3 is 0 Å². The second-order valence-corrected chi connectivity index (χ2v) is 7.28. The Morgan fingerprint density at radius 3 is 2.59 bits per heavy atom. The highest BCUT2D eigenvalue weighted by Gasteiger charge is 2.24. The van der Waals surface area contributed by atoms with E-state index in [2.05, 4.69) is 17.0 Å². The third-order valence-corrected chi connectivity index (χ3v) is 5.28. The minimum absolute atomic E-state index is 0.0750. The van der Waals surface area contributed by atoms with Crippen molar-refractivity contribution in [1.82, 2.24) is 24.6 Å². The van der Waals surface area contributed by atoms with E-state index in [1.807, 2.05) is 55.3 Å². The van der Waals surface area contributed by atoms with E-state index in [1.54, 1.807) is 4.68 Å². The number of benzene rings is 1. The number of likely N-dealkylation sites (N-methyl/N-ethyl adjacent to an activating group) is 1. The van der Waals surface area contributed by atoms with Gasteiger partial charge in [-0.05, 0) is 33.0 Å². The van der Waals surface area contributed by atoms with E-state index in [9.17, 15) is 4.79 Å². The summed E-state index contributed by atoms with van der Waals surface area (Å²) in [5, 5.41) is 5.38. The first kappa shape index (κ1) is 17.7. The number of fused-ring (bicyclic) bond motifs is 1. The summed E-state index contributed by atoms with van der Waals surface area (Å²) in [6, 6.07) is 11.9. The zero-order chi connectivity index (χ0) is 19.0. The van der Waals surface area contributed by atoms with E-state index in [1.165, 1.54) is 0 Å². The van der Waals surface area contributed by atoms with Gasteiger partial charge in [0, 0.05) is 32.2 Å². The van der Waals surface area contributed by atoms with Crippen molar-refractivity contribution < 1.29 is 4.79 Å². The molecule has 1 aliphatic rings. The average molecular weight is 363 g/mol. The van der Waals surface area contributed by atoms with Crippen molar-refractivity contribution in [2.24, 2.45) is 7.05 Å². The number of aromatic nitrogens is 3. The monoisotopic (exact) mass is 363 g/mol. The summed E-state index contributed by atoms with van der Waals surface area (Å²) in [7, 11) is 3.99. The molecule has 3 aromatic rings. The van der Waals surface area contributed by atoms with Crippen molar-refractivity contribution in [3.8, 4) is 11.3 Å². The average Bonchev–Trinajstić information content (AvgIpc) is 2.84. The van der Waals surface area contributed by atoms with Gasteiger partial charge in [0.2, 0.25) is 0 Å². The number of hydrogen-bond acceptors (Lipinski definition) is 4. The number of nitrogens with zero attached hydrogens (tertiary/aromatic N) is 5. The van der Waals surface area contributed by atoms with Crippen LogP contribution in [0.1, 0.15) is 22.5 Å². The predicted molar refractivity (Wildman–Crippen MR) is 107 cm³/mol. The van der Waals surface area contributed by atoms with Gasteiger partial charge in [0.15, 0.2) is 5.65 Å². The Balaban J connectivity index is 1.84. The molecule has 0 aliphatic carbocycles. The summed E-state index contributed by atoms with van der Waals surface area (Å²) >= 11 is 0.